The molecule has 0 aliphatic carbocycles. The second kappa shape index (κ2) is 6.01. The maximum Gasteiger partial charge on any atom is 0.169 e. The summed E-state index contributed by atoms with van der Waals surface area (Å²) in [4.78, 5) is 0. The zero-order valence-electron chi connectivity index (χ0n) is 14.8. The first-order chi connectivity index (χ1) is 13.8. The maximum atomic E-state index is 4.61. The lowest BCUT2D eigenvalue weighted by molar-refractivity contribution is 1.12. The van der Waals surface area contributed by atoms with Gasteiger partial charge < -0.3 is 0 Å². The van der Waals surface area contributed by atoms with Gasteiger partial charge in [-0.25, -0.2) is 0 Å². The van der Waals surface area contributed by atoms with Gasteiger partial charge in [-0.3, -0.25) is 4.40 Å². The molecule has 0 bridgehead atoms. The topological polar surface area (TPSA) is 30.2 Å². The van der Waals surface area contributed by atoms with Crippen LogP contribution in [-0.2, 0) is 0 Å². The summed E-state index contributed by atoms with van der Waals surface area (Å²) in [6.45, 7) is 0. The molecule has 0 radical (unpaired) electrons. The monoisotopic (exact) mass is 471 g/mol. The number of rotatable bonds is 1. The average molecular weight is 471 g/mol. The molecular formula is C24H14IN3. The largest absolute Gasteiger partial charge is 0.274 e. The van der Waals surface area contributed by atoms with Crippen LogP contribution in [0.4, 0.5) is 0 Å². The minimum atomic E-state index is 0.873. The summed E-state index contributed by atoms with van der Waals surface area (Å²) in [6, 6.07) is 29.9. The van der Waals surface area contributed by atoms with Gasteiger partial charge in [0.05, 0.1) is 5.52 Å². The molecule has 3 nitrogen and oxygen atoms in total. The Morgan fingerprint density at radius 1 is 0.643 bits per heavy atom. The van der Waals surface area contributed by atoms with Crippen molar-refractivity contribution >= 4 is 60.7 Å². The summed E-state index contributed by atoms with van der Waals surface area (Å²) in [5.41, 5.74) is 3.09. The third-order valence-corrected chi connectivity index (χ3v) is 6.00. The molecule has 6 rings (SSSR count). The van der Waals surface area contributed by atoms with Gasteiger partial charge in [-0.1, -0.05) is 60.7 Å². The smallest absolute Gasteiger partial charge is 0.169 e. The molecule has 0 unspecified atom stereocenters. The van der Waals surface area contributed by atoms with Crippen molar-refractivity contribution in [1.82, 2.24) is 14.6 Å². The van der Waals surface area contributed by atoms with Crippen molar-refractivity contribution in [3.05, 3.63) is 88.5 Å². The molecule has 0 aliphatic rings. The summed E-state index contributed by atoms with van der Waals surface area (Å²) in [7, 11) is 0. The highest BCUT2D eigenvalue weighted by Crippen LogP contribution is 2.32. The van der Waals surface area contributed by atoms with Crippen LogP contribution >= 0.6 is 22.6 Å². The minimum absolute atomic E-state index is 0.873. The molecule has 0 saturated heterocycles. The van der Waals surface area contributed by atoms with Gasteiger partial charge in [-0.15, -0.1) is 10.2 Å². The molecular weight excluding hydrogens is 457 g/mol. The Morgan fingerprint density at radius 3 is 2.29 bits per heavy atom. The van der Waals surface area contributed by atoms with E-state index in [1.165, 1.54) is 25.1 Å². The van der Waals surface area contributed by atoms with E-state index >= 15 is 0 Å². The van der Waals surface area contributed by atoms with Crippen LogP contribution in [0.5, 0.6) is 0 Å². The van der Waals surface area contributed by atoms with Crippen LogP contribution in [0, 0.1) is 3.57 Å². The van der Waals surface area contributed by atoms with E-state index in [9.17, 15) is 0 Å². The third kappa shape index (κ3) is 2.27. The van der Waals surface area contributed by atoms with Crippen molar-refractivity contribution < 1.29 is 0 Å². The summed E-state index contributed by atoms with van der Waals surface area (Å²) < 4.78 is 3.41. The van der Waals surface area contributed by atoms with Crippen molar-refractivity contribution in [2.75, 3.05) is 0 Å². The first-order valence-corrected chi connectivity index (χ1v) is 10.2. The minimum Gasteiger partial charge on any atom is -0.274 e. The predicted molar refractivity (Wildman–Crippen MR) is 124 cm³/mol. The van der Waals surface area contributed by atoms with E-state index in [1.807, 2.05) is 0 Å². The average Bonchev–Trinajstić information content (AvgIpc) is 3.19. The van der Waals surface area contributed by atoms with Gasteiger partial charge in [0, 0.05) is 19.9 Å². The van der Waals surface area contributed by atoms with Crippen molar-refractivity contribution in [1.29, 1.82) is 0 Å². The second-order valence-electron chi connectivity index (χ2n) is 6.95. The van der Waals surface area contributed by atoms with Crippen molar-refractivity contribution in [2.45, 2.75) is 0 Å². The summed E-state index contributed by atoms with van der Waals surface area (Å²) in [5, 5.41) is 15.2. The predicted octanol–water partition coefficient (Wildman–Crippen LogP) is 6.46. The van der Waals surface area contributed by atoms with E-state index in [-0.39, 0.29) is 0 Å². The fourth-order valence-corrected chi connectivity index (χ4v) is 4.56. The number of nitrogens with zero attached hydrogens (tertiary/aromatic N) is 3. The Bertz CT molecular complexity index is 1530. The highest BCUT2D eigenvalue weighted by molar-refractivity contribution is 14.1. The Hall–Kier alpha value is -2.99. The van der Waals surface area contributed by atoms with Crippen LogP contribution in [0.25, 0.3) is 49.5 Å². The maximum absolute atomic E-state index is 4.61. The van der Waals surface area contributed by atoms with E-state index < -0.39 is 0 Å². The first kappa shape index (κ1) is 16.0. The van der Waals surface area contributed by atoms with Gasteiger partial charge in [0.15, 0.2) is 11.5 Å². The Labute approximate surface area is 174 Å². The number of hydrogen-bond acceptors (Lipinski definition) is 2. The van der Waals surface area contributed by atoms with Crippen LogP contribution in [0.15, 0.2) is 84.9 Å². The summed E-state index contributed by atoms with van der Waals surface area (Å²) >= 11 is 2.36. The quantitative estimate of drug-likeness (QED) is 0.204. The fourth-order valence-electron chi connectivity index (χ4n) is 4.04. The normalized spacial score (nSPS) is 11.8. The molecule has 0 aliphatic heterocycles. The van der Waals surface area contributed by atoms with E-state index in [0.29, 0.717) is 0 Å². The van der Waals surface area contributed by atoms with Gasteiger partial charge >= 0.3 is 0 Å². The zero-order valence-corrected chi connectivity index (χ0v) is 17.0. The van der Waals surface area contributed by atoms with Gasteiger partial charge in [0.25, 0.3) is 0 Å². The number of aromatic nitrogens is 3. The van der Waals surface area contributed by atoms with Crippen molar-refractivity contribution in [2.24, 2.45) is 0 Å². The van der Waals surface area contributed by atoms with Gasteiger partial charge in [0.1, 0.15) is 0 Å². The number of para-hydroxylation sites is 1. The van der Waals surface area contributed by atoms with Crippen molar-refractivity contribution in [3.8, 4) is 11.4 Å². The van der Waals surface area contributed by atoms with Crippen LogP contribution in [0.1, 0.15) is 0 Å². The van der Waals surface area contributed by atoms with Crippen molar-refractivity contribution in [3.63, 3.8) is 0 Å². The molecule has 28 heavy (non-hydrogen) atoms. The summed E-state index contributed by atoms with van der Waals surface area (Å²) in [5.74, 6) is 0.873. The fraction of sp³-hybridized carbons (Fsp3) is 0. The van der Waals surface area contributed by atoms with E-state index in [4.69, 9.17) is 0 Å². The van der Waals surface area contributed by atoms with Gasteiger partial charge in [-0.2, -0.15) is 0 Å². The third-order valence-electron chi connectivity index (χ3n) is 5.33. The standard InChI is InChI=1S/C24H14IN3/c25-18-12-11-15-9-10-16(13-17(15)14-18)23-26-27-24-21-7-2-1-5-19(21)20-6-3-4-8-22(20)28(23)24/h1-14H. The van der Waals surface area contributed by atoms with Gasteiger partial charge in [-0.05, 0) is 63.0 Å². The number of pyridine rings is 1. The lowest BCUT2D eigenvalue weighted by atomic mass is 10.0. The highest BCUT2D eigenvalue weighted by atomic mass is 127. The number of halogens is 1. The first-order valence-electron chi connectivity index (χ1n) is 9.14. The lowest BCUT2D eigenvalue weighted by Gasteiger charge is -2.10. The number of hydrogen-bond donors (Lipinski definition) is 0. The summed E-state index contributed by atoms with van der Waals surface area (Å²) in [6.07, 6.45) is 0. The molecule has 4 heteroatoms. The van der Waals surface area contributed by atoms with E-state index in [1.54, 1.807) is 0 Å². The SMILES string of the molecule is Ic1ccc2ccc(-c3nnc4c5ccccc5c5ccccc5n34)cc2c1. The second-order valence-corrected chi connectivity index (χ2v) is 8.20. The highest BCUT2D eigenvalue weighted by Gasteiger charge is 2.15. The molecule has 4 aromatic carbocycles. The molecule has 0 fully saturated rings. The molecule has 6 aromatic rings. The Kier molecular flexibility index (Phi) is 3.43. The molecule has 0 N–H and O–H groups in total. The molecule has 0 amide bonds. The molecule has 2 aromatic heterocycles. The van der Waals surface area contributed by atoms with E-state index in [0.717, 1.165) is 27.9 Å². The molecule has 2 heterocycles. The van der Waals surface area contributed by atoms with Crippen LogP contribution in [0.2, 0.25) is 0 Å². The molecule has 0 spiro atoms. The number of fused-ring (bicyclic) bond motifs is 7. The number of benzene rings is 4. The van der Waals surface area contributed by atoms with Crippen LogP contribution < -0.4 is 0 Å². The van der Waals surface area contributed by atoms with Crippen LogP contribution in [0.3, 0.4) is 0 Å². The Balaban J connectivity index is 1.76. The van der Waals surface area contributed by atoms with Crippen LogP contribution in [-0.4, -0.2) is 14.6 Å². The molecule has 0 saturated carbocycles. The molecule has 132 valence electrons. The van der Waals surface area contributed by atoms with Gasteiger partial charge in [0.2, 0.25) is 0 Å². The van der Waals surface area contributed by atoms with E-state index in [2.05, 4.69) is 122 Å². The molecule has 0 atom stereocenters. The lowest BCUT2D eigenvalue weighted by Crippen LogP contribution is -1.94. The zero-order chi connectivity index (χ0) is 18.7. The Morgan fingerprint density at radius 2 is 1.39 bits per heavy atom.